The van der Waals surface area contributed by atoms with E-state index in [4.69, 9.17) is 0 Å². The topological polar surface area (TPSA) is 79.8 Å². The summed E-state index contributed by atoms with van der Waals surface area (Å²) < 4.78 is 0. The van der Waals surface area contributed by atoms with Crippen molar-refractivity contribution < 1.29 is 4.79 Å². The van der Waals surface area contributed by atoms with E-state index in [0.717, 1.165) is 11.4 Å². The number of urea groups is 1. The van der Waals surface area contributed by atoms with Gasteiger partial charge < -0.3 is 5.32 Å². The van der Waals surface area contributed by atoms with E-state index in [1.165, 1.54) is 11.3 Å². The highest BCUT2D eigenvalue weighted by Crippen LogP contribution is 2.09. The molecule has 0 saturated carbocycles. The lowest BCUT2D eigenvalue weighted by Gasteiger charge is -2.04. The van der Waals surface area contributed by atoms with Gasteiger partial charge >= 0.3 is 6.03 Å². The van der Waals surface area contributed by atoms with Crippen molar-refractivity contribution in [3.63, 3.8) is 0 Å². The number of nitrogens with zero attached hydrogens (tertiary/aromatic N) is 3. The second-order valence-electron chi connectivity index (χ2n) is 3.64. The van der Waals surface area contributed by atoms with Gasteiger partial charge in [0.2, 0.25) is 0 Å². The Morgan fingerprint density at radius 1 is 1.33 bits per heavy atom. The second-order valence-corrected chi connectivity index (χ2v) is 4.54. The monoisotopic (exact) mass is 263 g/mol. The van der Waals surface area contributed by atoms with E-state index in [1.54, 1.807) is 24.0 Å². The molecule has 2 aromatic heterocycles. The molecular formula is C11H13N5OS. The van der Waals surface area contributed by atoms with E-state index in [2.05, 4.69) is 25.6 Å². The number of hydrogen-bond donors (Lipinski definition) is 2. The summed E-state index contributed by atoms with van der Waals surface area (Å²) in [6.45, 7) is 2.42. The van der Waals surface area contributed by atoms with Crippen molar-refractivity contribution in [1.29, 1.82) is 0 Å². The molecule has 7 heteroatoms. The second kappa shape index (κ2) is 6.06. The third-order valence-electron chi connectivity index (χ3n) is 2.12. The molecule has 18 heavy (non-hydrogen) atoms. The molecule has 2 aromatic rings. The van der Waals surface area contributed by atoms with Crippen LogP contribution in [0.3, 0.4) is 0 Å². The summed E-state index contributed by atoms with van der Waals surface area (Å²) in [4.78, 5) is 23.7. The van der Waals surface area contributed by atoms with Crippen LogP contribution in [0.2, 0.25) is 0 Å². The smallest absolute Gasteiger partial charge is 0.321 e. The van der Waals surface area contributed by atoms with E-state index < -0.39 is 0 Å². The molecule has 2 amide bonds. The zero-order valence-corrected chi connectivity index (χ0v) is 10.7. The van der Waals surface area contributed by atoms with Crippen LogP contribution < -0.4 is 10.6 Å². The van der Waals surface area contributed by atoms with E-state index in [0.29, 0.717) is 18.1 Å². The van der Waals surface area contributed by atoms with Crippen molar-refractivity contribution >= 4 is 22.5 Å². The third-order valence-corrected chi connectivity index (χ3v) is 2.81. The first kappa shape index (κ1) is 12.4. The third kappa shape index (κ3) is 3.77. The van der Waals surface area contributed by atoms with Gasteiger partial charge in [0.05, 0.1) is 0 Å². The molecule has 0 fully saturated rings. The van der Waals surface area contributed by atoms with Gasteiger partial charge in [0, 0.05) is 36.9 Å². The average Bonchev–Trinajstić information content (AvgIpc) is 2.84. The first-order chi connectivity index (χ1) is 8.74. The van der Waals surface area contributed by atoms with Crippen LogP contribution in [0.25, 0.3) is 0 Å². The van der Waals surface area contributed by atoms with Crippen LogP contribution >= 0.6 is 11.3 Å². The fraction of sp³-hybridized carbons (Fsp3) is 0.273. The largest absolute Gasteiger partial charge is 0.337 e. The number of carbonyl (C=O) groups is 1. The van der Waals surface area contributed by atoms with Gasteiger partial charge in [-0.05, 0) is 12.5 Å². The summed E-state index contributed by atoms with van der Waals surface area (Å²) >= 11 is 1.37. The number of nitrogens with one attached hydrogen (secondary N) is 2. The van der Waals surface area contributed by atoms with Crippen molar-refractivity contribution in [3.05, 3.63) is 35.4 Å². The molecule has 0 radical (unpaired) electrons. The van der Waals surface area contributed by atoms with Gasteiger partial charge in [0.1, 0.15) is 5.82 Å². The van der Waals surface area contributed by atoms with Gasteiger partial charge in [0.25, 0.3) is 0 Å². The number of thiazole rings is 1. The molecule has 2 rings (SSSR count). The maximum atomic E-state index is 11.5. The summed E-state index contributed by atoms with van der Waals surface area (Å²) in [7, 11) is 0. The Morgan fingerprint density at radius 2 is 2.11 bits per heavy atom. The molecule has 0 aliphatic carbocycles. The number of anilines is 1. The molecule has 0 aliphatic heterocycles. The molecule has 0 bridgehead atoms. The molecule has 0 unspecified atom stereocenters. The molecular weight excluding hydrogens is 250 g/mol. The minimum Gasteiger partial charge on any atom is -0.337 e. The maximum Gasteiger partial charge on any atom is 0.321 e. The molecule has 0 atom stereocenters. The van der Waals surface area contributed by atoms with Crippen molar-refractivity contribution in [1.82, 2.24) is 20.3 Å². The molecule has 0 aliphatic rings. The standard InChI is InChI=1S/C11H13N5OS/c1-8-6-14-9(15-7-8)2-3-12-10(17)16-11-13-4-5-18-11/h4-7H,2-3H2,1H3,(H2,12,13,16,17). The van der Waals surface area contributed by atoms with Crippen LogP contribution in [0.4, 0.5) is 9.93 Å². The van der Waals surface area contributed by atoms with Crippen molar-refractivity contribution in [2.75, 3.05) is 11.9 Å². The minimum atomic E-state index is -0.267. The number of hydrogen-bond acceptors (Lipinski definition) is 5. The Labute approximate surface area is 109 Å². The van der Waals surface area contributed by atoms with Crippen molar-refractivity contribution in [2.45, 2.75) is 13.3 Å². The predicted molar refractivity (Wildman–Crippen MR) is 69.6 cm³/mol. The van der Waals surface area contributed by atoms with E-state index in [1.807, 2.05) is 6.92 Å². The molecule has 2 heterocycles. The molecule has 0 spiro atoms. The quantitative estimate of drug-likeness (QED) is 0.878. The Hall–Kier alpha value is -2.02. The van der Waals surface area contributed by atoms with Gasteiger partial charge in [-0.2, -0.15) is 0 Å². The number of aromatic nitrogens is 3. The highest BCUT2D eigenvalue weighted by Gasteiger charge is 2.03. The lowest BCUT2D eigenvalue weighted by atomic mass is 10.3. The summed E-state index contributed by atoms with van der Waals surface area (Å²) in [6, 6.07) is -0.267. The van der Waals surface area contributed by atoms with Crippen LogP contribution in [0.1, 0.15) is 11.4 Å². The van der Waals surface area contributed by atoms with Gasteiger partial charge in [0.15, 0.2) is 5.13 Å². The fourth-order valence-electron chi connectivity index (χ4n) is 1.26. The highest BCUT2D eigenvalue weighted by molar-refractivity contribution is 7.13. The van der Waals surface area contributed by atoms with Crippen LogP contribution in [0.5, 0.6) is 0 Å². The van der Waals surface area contributed by atoms with Crippen molar-refractivity contribution in [3.8, 4) is 0 Å². The first-order valence-corrected chi connectivity index (χ1v) is 6.34. The predicted octanol–water partition coefficient (Wildman–Crippen LogP) is 1.61. The number of amides is 2. The van der Waals surface area contributed by atoms with Gasteiger partial charge in [-0.1, -0.05) is 0 Å². The molecule has 2 N–H and O–H groups in total. The van der Waals surface area contributed by atoms with Crippen LogP contribution in [0, 0.1) is 6.92 Å². The van der Waals surface area contributed by atoms with E-state index in [9.17, 15) is 4.79 Å². The first-order valence-electron chi connectivity index (χ1n) is 5.46. The van der Waals surface area contributed by atoms with Gasteiger partial charge in [-0.15, -0.1) is 11.3 Å². The minimum absolute atomic E-state index is 0.267. The lowest BCUT2D eigenvalue weighted by Crippen LogP contribution is -2.30. The number of carbonyl (C=O) groups excluding carboxylic acids is 1. The average molecular weight is 263 g/mol. The summed E-state index contributed by atoms with van der Waals surface area (Å²) in [5.41, 5.74) is 1.02. The number of aryl methyl sites for hydroxylation is 1. The van der Waals surface area contributed by atoms with Gasteiger partial charge in [-0.3, -0.25) is 5.32 Å². The normalized spacial score (nSPS) is 10.1. The Balaban J connectivity index is 1.72. The van der Waals surface area contributed by atoms with Crippen LogP contribution in [-0.2, 0) is 6.42 Å². The maximum absolute atomic E-state index is 11.5. The summed E-state index contributed by atoms with van der Waals surface area (Å²) in [5, 5.41) is 7.74. The summed E-state index contributed by atoms with van der Waals surface area (Å²) in [6.07, 6.45) is 5.77. The van der Waals surface area contributed by atoms with E-state index in [-0.39, 0.29) is 6.03 Å². The van der Waals surface area contributed by atoms with Crippen molar-refractivity contribution in [2.24, 2.45) is 0 Å². The highest BCUT2D eigenvalue weighted by atomic mass is 32.1. The number of rotatable bonds is 4. The zero-order valence-electron chi connectivity index (χ0n) is 9.88. The molecule has 6 nitrogen and oxygen atoms in total. The van der Waals surface area contributed by atoms with E-state index >= 15 is 0 Å². The Morgan fingerprint density at radius 3 is 2.78 bits per heavy atom. The molecule has 0 saturated heterocycles. The van der Waals surface area contributed by atoms with Crippen LogP contribution in [0.15, 0.2) is 24.0 Å². The summed E-state index contributed by atoms with van der Waals surface area (Å²) in [5.74, 6) is 0.718. The van der Waals surface area contributed by atoms with Gasteiger partial charge in [-0.25, -0.2) is 19.7 Å². The fourth-order valence-corrected chi connectivity index (χ4v) is 1.79. The van der Waals surface area contributed by atoms with Crippen LogP contribution in [-0.4, -0.2) is 27.5 Å². The molecule has 94 valence electrons. The molecule has 0 aromatic carbocycles. The SMILES string of the molecule is Cc1cnc(CCNC(=O)Nc2nccs2)nc1. The Kier molecular flexibility index (Phi) is 4.19. The zero-order chi connectivity index (χ0) is 12.8. The Bertz CT molecular complexity index is 497. The lowest BCUT2D eigenvalue weighted by molar-refractivity contribution is 0.252.